The van der Waals surface area contributed by atoms with Crippen molar-refractivity contribution in [2.45, 2.75) is 6.54 Å². The maximum atomic E-state index is 12.4. The monoisotopic (exact) mass is 717 g/mol. The van der Waals surface area contributed by atoms with Crippen molar-refractivity contribution < 1.29 is 33.3 Å². The van der Waals surface area contributed by atoms with E-state index >= 15 is 0 Å². The third-order valence-corrected chi connectivity index (χ3v) is 7.22. The van der Waals surface area contributed by atoms with Gasteiger partial charge in [-0.2, -0.15) is 0 Å². The van der Waals surface area contributed by atoms with E-state index in [4.69, 9.17) is 46.9 Å². The number of piperazine rings is 1. The Hall–Kier alpha value is -3.12. The number of halogens is 4. The minimum absolute atomic E-state index is 0. The number of fused-ring (bicyclic) bond motifs is 1. The minimum atomic E-state index is -0.373. The summed E-state index contributed by atoms with van der Waals surface area (Å²) in [5, 5.41) is 1.28. The molecule has 252 valence electrons. The van der Waals surface area contributed by atoms with E-state index in [0.717, 1.165) is 31.1 Å². The van der Waals surface area contributed by atoms with Crippen LogP contribution in [-0.2, 0) is 20.9 Å². The quantitative estimate of drug-likeness (QED) is 0.240. The van der Waals surface area contributed by atoms with Gasteiger partial charge >= 0.3 is 5.97 Å². The average Bonchev–Trinajstić information content (AvgIpc) is 3.49. The van der Waals surface area contributed by atoms with Crippen molar-refractivity contribution in [1.29, 1.82) is 0 Å². The maximum Gasteiger partial charge on any atom is 0.344 e. The highest BCUT2D eigenvalue weighted by Crippen LogP contribution is 2.32. The van der Waals surface area contributed by atoms with Crippen molar-refractivity contribution in [3.05, 3.63) is 82.3 Å². The normalized spacial score (nSPS) is 13.5. The fraction of sp³-hybridized carbons (Fsp3) is 0.375. The molecular formula is C32H39Cl4N3O7. The summed E-state index contributed by atoms with van der Waals surface area (Å²) in [6, 6.07) is 19.9. The first-order valence-electron chi connectivity index (χ1n) is 14.2. The molecule has 0 saturated carbocycles. The van der Waals surface area contributed by atoms with Crippen LogP contribution >= 0.6 is 48.0 Å². The molecule has 2 heterocycles. The minimum Gasteiger partial charge on any atom is -0.484 e. The fourth-order valence-corrected chi connectivity index (χ4v) is 4.53. The number of rotatable bonds is 11. The smallest absolute Gasteiger partial charge is 0.344 e. The Labute approximate surface area is 292 Å². The average molecular weight is 719 g/mol. The number of carbonyl (C=O) groups is 2. The van der Waals surface area contributed by atoms with Gasteiger partial charge in [0.1, 0.15) is 18.1 Å². The van der Waals surface area contributed by atoms with Crippen molar-refractivity contribution in [3.8, 4) is 23.0 Å². The third-order valence-electron chi connectivity index (χ3n) is 6.72. The number of benzene rings is 3. The van der Waals surface area contributed by atoms with Gasteiger partial charge in [0.05, 0.1) is 0 Å². The lowest BCUT2D eigenvalue weighted by Crippen LogP contribution is -2.49. The van der Waals surface area contributed by atoms with Crippen molar-refractivity contribution in [2.75, 3.05) is 73.4 Å². The Morgan fingerprint density at radius 2 is 1.35 bits per heavy atom. The Bertz CT molecular complexity index is 1360. The SMILES string of the molecule is CN(C)CCOC(=O)COc1ccc(Cl)cc1.Cl.Cl.O=C(COc1ccc(Cl)cc1)N1CCN(Cc2ccc3c(c2)OCO3)CC1. The van der Waals surface area contributed by atoms with Crippen LogP contribution in [0.25, 0.3) is 0 Å². The van der Waals surface area contributed by atoms with E-state index < -0.39 is 0 Å². The number of amides is 1. The molecule has 1 amide bonds. The lowest BCUT2D eigenvalue weighted by Gasteiger charge is -2.34. The standard InChI is InChI=1S/C20H21ClN2O4.C12H16ClNO3.2ClH/c21-16-2-4-17(5-3-16)25-13-20(24)23-9-7-22(8-10-23)12-15-1-6-18-19(11-15)27-14-26-18;1-14(2)7-8-16-12(15)9-17-11-5-3-10(13)4-6-11;;/h1-6,11H,7-10,12-14H2;3-6H,7-9H2,1-2H3;2*1H. The van der Waals surface area contributed by atoms with E-state index in [9.17, 15) is 9.59 Å². The molecule has 0 N–H and O–H groups in total. The van der Waals surface area contributed by atoms with Crippen LogP contribution in [0, 0.1) is 0 Å². The summed E-state index contributed by atoms with van der Waals surface area (Å²) in [4.78, 5) is 29.8. The van der Waals surface area contributed by atoms with Crippen LogP contribution < -0.4 is 18.9 Å². The van der Waals surface area contributed by atoms with Gasteiger partial charge in [0.15, 0.2) is 24.7 Å². The Morgan fingerprint density at radius 3 is 1.93 bits per heavy atom. The van der Waals surface area contributed by atoms with Crippen molar-refractivity contribution in [2.24, 2.45) is 0 Å². The second kappa shape index (κ2) is 20.2. The molecule has 0 atom stereocenters. The molecule has 0 aliphatic carbocycles. The number of nitrogens with zero attached hydrogens (tertiary/aromatic N) is 3. The Morgan fingerprint density at radius 1 is 0.783 bits per heavy atom. The van der Waals surface area contributed by atoms with Crippen LogP contribution in [0.3, 0.4) is 0 Å². The van der Waals surface area contributed by atoms with E-state index in [1.807, 2.05) is 36.0 Å². The molecule has 5 rings (SSSR count). The molecule has 0 radical (unpaired) electrons. The molecule has 46 heavy (non-hydrogen) atoms. The summed E-state index contributed by atoms with van der Waals surface area (Å²) in [5.74, 6) is 2.48. The molecule has 10 nitrogen and oxygen atoms in total. The van der Waals surface area contributed by atoms with E-state index in [0.29, 0.717) is 47.8 Å². The number of likely N-dealkylation sites (N-methyl/N-ethyl adjacent to an activating group) is 1. The van der Waals surface area contributed by atoms with Crippen LogP contribution in [0.1, 0.15) is 5.56 Å². The summed E-state index contributed by atoms with van der Waals surface area (Å²) in [5.41, 5.74) is 1.19. The van der Waals surface area contributed by atoms with Gasteiger partial charge < -0.3 is 33.5 Å². The first-order valence-corrected chi connectivity index (χ1v) is 15.0. The third kappa shape index (κ3) is 13.3. The van der Waals surface area contributed by atoms with E-state index in [1.54, 1.807) is 48.5 Å². The van der Waals surface area contributed by atoms with Crippen LogP contribution in [0.5, 0.6) is 23.0 Å². The summed E-state index contributed by atoms with van der Waals surface area (Å²) in [6.07, 6.45) is 0. The van der Waals surface area contributed by atoms with Gasteiger partial charge in [0.2, 0.25) is 6.79 Å². The lowest BCUT2D eigenvalue weighted by molar-refractivity contribution is -0.146. The Balaban J connectivity index is 0.000000339. The molecule has 0 bridgehead atoms. The molecule has 2 aliphatic heterocycles. The van der Waals surface area contributed by atoms with Crippen LogP contribution in [-0.4, -0.2) is 100 Å². The molecule has 3 aromatic rings. The first-order chi connectivity index (χ1) is 21.2. The lowest BCUT2D eigenvalue weighted by atomic mass is 10.1. The molecule has 2 aliphatic rings. The Kier molecular flexibility index (Phi) is 17.1. The zero-order chi connectivity index (χ0) is 31.3. The molecule has 3 aromatic carbocycles. The predicted octanol–water partition coefficient (Wildman–Crippen LogP) is 5.46. The van der Waals surface area contributed by atoms with Crippen LogP contribution in [0.4, 0.5) is 0 Å². The van der Waals surface area contributed by atoms with Gasteiger partial charge in [-0.25, -0.2) is 4.79 Å². The van der Waals surface area contributed by atoms with Crippen molar-refractivity contribution >= 4 is 59.9 Å². The van der Waals surface area contributed by atoms with E-state index in [-0.39, 0.29) is 56.7 Å². The molecule has 1 saturated heterocycles. The van der Waals surface area contributed by atoms with Gasteiger partial charge in [0, 0.05) is 49.3 Å². The molecule has 14 heteroatoms. The van der Waals surface area contributed by atoms with Gasteiger partial charge in [-0.3, -0.25) is 9.69 Å². The van der Waals surface area contributed by atoms with Gasteiger partial charge in [-0.05, 0) is 80.3 Å². The van der Waals surface area contributed by atoms with Crippen LogP contribution in [0.2, 0.25) is 10.0 Å². The zero-order valence-corrected chi connectivity index (χ0v) is 28.8. The molecule has 0 unspecified atom stereocenters. The second-order valence-corrected chi connectivity index (χ2v) is 11.2. The number of hydrogen-bond acceptors (Lipinski definition) is 9. The van der Waals surface area contributed by atoms with E-state index in [1.165, 1.54) is 5.56 Å². The highest BCUT2D eigenvalue weighted by molar-refractivity contribution is 6.30. The second-order valence-electron chi connectivity index (χ2n) is 10.4. The van der Waals surface area contributed by atoms with Gasteiger partial charge in [0.25, 0.3) is 5.91 Å². The zero-order valence-electron chi connectivity index (χ0n) is 25.7. The van der Waals surface area contributed by atoms with Crippen molar-refractivity contribution in [3.63, 3.8) is 0 Å². The summed E-state index contributed by atoms with van der Waals surface area (Å²) >= 11 is 11.6. The number of ether oxygens (including phenoxy) is 5. The summed E-state index contributed by atoms with van der Waals surface area (Å²) in [7, 11) is 3.83. The highest BCUT2D eigenvalue weighted by Gasteiger charge is 2.22. The largest absolute Gasteiger partial charge is 0.484 e. The van der Waals surface area contributed by atoms with Crippen molar-refractivity contribution in [1.82, 2.24) is 14.7 Å². The first kappa shape index (κ1) is 39.1. The number of carbonyl (C=O) groups excluding carboxylic acids is 2. The molecule has 0 aromatic heterocycles. The summed E-state index contributed by atoms with van der Waals surface area (Å²) in [6.45, 7) is 5.22. The molecule has 0 spiro atoms. The molecular weight excluding hydrogens is 680 g/mol. The predicted molar refractivity (Wildman–Crippen MR) is 182 cm³/mol. The summed E-state index contributed by atoms with van der Waals surface area (Å²) < 4.78 is 26.5. The van der Waals surface area contributed by atoms with Crippen LogP contribution in [0.15, 0.2) is 66.7 Å². The van der Waals surface area contributed by atoms with E-state index in [2.05, 4.69) is 11.0 Å². The fourth-order valence-electron chi connectivity index (χ4n) is 4.28. The topological polar surface area (TPSA) is 90.0 Å². The van der Waals surface area contributed by atoms with Gasteiger partial charge in [-0.1, -0.05) is 29.3 Å². The maximum absolute atomic E-state index is 12.4. The number of hydrogen-bond donors (Lipinski definition) is 0. The highest BCUT2D eigenvalue weighted by atomic mass is 35.5. The number of esters is 1. The molecule has 1 fully saturated rings. The van der Waals surface area contributed by atoms with Gasteiger partial charge in [-0.15, -0.1) is 24.8 Å².